The first-order valence-electron chi connectivity index (χ1n) is 12.7. The Morgan fingerprint density at radius 1 is 1.03 bits per heavy atom. The number of halogens is 2. The fraction of sp³-hybridized carbons (Fsp3) is 0.654. The molecule has 2 heterocycles. The van der Waals surface area contributed by atoms with Crippen LogP contribution < -0.4 is 10.6 Å². The lowest BCUT2D eigenvalue weighted by atomic mass is 9.86. The van der Waals surface area contributed by atoms with Gasteiger partial charge in [0.2, 0.25) is 17.7 Å². The molecule has 2 aliphatic heterocycles. The van der Waals surface area contributed by atoms with Crippen LogP contribution in [0.5, 0.6) is 0 Å². The number of hydrogen-bond acceptors (Lipinski definition) is 5. The molecule has 3 N–H and O–H groups in total. The summed E-state index contributed by atoms with van der Waals surface area (Å²) in [7, 11) is 0. The number of piperidine rings is 1. The van der Waals surface area contributed by atoms with Crippen molar-refractivity contribution in [2.75, 3.05) is 0 Å². The van der Waals surface area contributed by atoms with Crippen molar-refractivity contribution in [2.24, 2.45) is 0 Å². The minimum Gasteiger partial charge on any atom is -0.376 e. The van der Waals surface area contributed by atoms with Gasteiger partial charge in [0.05, 0.1) is 0 Å². The van der Waals surface area contributed by atoms with Crippen molar-refractivity contribution in [3.63, 3.8) is 0 Å². The van der Waals surface area contributed by atoms with Crippen molar-refractivity contribution in [1.82, 2.24) is 15.5 Å². The van der Waals surface area contributed by atoms with E-state index in [1.165, 1.54) is 19.3 Å². The summed E-state index contributed by atoms with van der Waals surface area (Å²) in [5.74, 6) is -3.32. The molecule has 1 saturated heterocycles. The Labute approximate surface area is 204 Å². The minimum atomic E-state index is -2.57. The molecule has 5 rings (SSSR count). The zero-order valence-corrected chi connectivity index (χ0v) is 20.2. The smallest absolute Gasteiger partial charge is 0.255 e. The molecule has 3 fully saturated rings. The first kappa shape index (κ1) is 25.7. The number of benzene rings is 1. The topological polar surface area (TPSA) is 98.7 Å². The number of nitrogens with zero attached hydrogens (tertiary/aromatic N) is 1. The molecule has 4 aliphatic rings. The molecule has 3 amide bonds. The molecule has 1 aromatic rings. The van der Waals surface area contributed by atoms with Gasteiger partial charge in [0, 0.05) is 37.4 Å². The average molecular weight is 492 g/mol. The van der Waals surface area contributed by atoms with E-state index in [0.717, 1.165) is 24.0 Å². The van der Waals surface area contributed by atoms with Crippen LogP contribution in [0.4, 0.5) is 8.78 Å². The number of hydrogen-bond donors (Lipinski definition) is 3. The van der Waals surface area contributed by atoms with Gasteiger partial charge in [-0.2, -0.15) is 0 Å². The highest BCUT2D eigenvalue weighted by Gasteiger charge is 2.43. The summed E-state index contributed by atoms with van der Waals surface area (Å²) in [5, 5.41) is 15.7. The third-order valence-electron chi connectivity index (χ3n) is 7.57. The van der Waals surface area contributed by atoms with Crippen molar-refractivity contribution >= 4 is 17.7 Å². The highest BCUT2D eigenvalue weighted by Crippen LogP contribution is 2.38. The van der Waals surface area contributed by atoms with E-state index in [9.17, 15) is 28.3 Å². The number of amides is 3. The molecular weight excluding hydrogens is 456 g/mol. The predicted octanol–water partition coefficient (Wildman–Crippen LogP) is 3.56. The Bertz CT molecular complexity index is 967. The maximum Gasteiger partial charge on any atom is 0.255 e. The second kappa shape index (κ2) is 10.3. The average Bonchev–Trinajstić information content (AvgIpc) is 3.12. The summed E-state index contributed by atoms with van der Waals surface area (Å²) < 4.78 is 26.0. The lowest BCUT2D eigenvalue weighted by molar-refractivity contribution is -0.136. The van der Waals surface area contributed by atoms with Crippen LogP contribution in [0.25, 0.3) is 0 Å². The van der Waals surface area contributed by atoms with E-state index in [4.69, 9.17) is 0 Å². The van der Waals surface area contributed by atoms with Crippen LogP contribution in [-0.4, -0.2) is 51.5 Å². The van der Waals surface area contributed by atoms with Gasteiger partial charge in [0.15, 0.2) is 0 Å². The van der Waals surface area contributed by atoms with E-state index in [0.29, 0.717) is 24.6 Å². The van der Waals surface area contributed by atoms with E-state index in [1.807, 2.05) is 19.1 Å². The monoisotopic (exact) mass is 491 g/mol. The summed E-state index contributed by atoms with van der Waals surface area (Å²) in [4.78, 5) is 36.8. The minimum absolute atomic E-state index is 0.121. The Morgan fingerprint density at radius 3 is 2.37 bits per heavy atom. The number of carbonyl (C=O) groups is 3. The van der Waals surface area contributed by atoms with Crippen molar-refractivity contribution in [2.45, 2.75) is 108 Å². The van der Waals surface area contributed by atoms with Crippen LogP contribution in [0.1, 0.15) is 92.1 Å². The number of carbonyl (C=O) groups excluding carboxylic acids is 3. The van der Waals surface area contributed by atoms with Gasteiger partial charge in [-0.3, -0.25) is 25.0 Å². The molecule has 2 aliphatic carbocycles. The third kappa shape index (κ3) is 6.25. The first-order chi connectivity index (χ1) is 16.6. The van der Waals surface area contributed by atoms with Gasteiger partial charge in [-0.1, -0.05) is 37.0 Å². The number of imide groups is 1. The van der Waals surface area contributed by atoms with Crippen LogP contribution in [0.2, 0.25) is 0 Å². The van der Waals surface area contributed by atoms with Gasteiger partial charge in [0.25, 0.3) is 5.91 Å². The maximum atomic E-state index is 13.0. The molecule has 0 radical (unpaired) electrons. The van der Waals surface area contributed by atoms with E-state index in [-0.39, 0.29) is 49.8 Å². The van der Waals surface area contributed by atoms with Crippen molar-refractivity contribution in [3.8, 4) is 0 Å². The molecule has 2 saturated carbocycles. The van der Waals surface area contributed by atoms with Gasteiger partial charge in [0.1, 0.15) is 11.8 Å². The largest absolute Gasteiger partial charge is 0.376 e. The molecule has 1 unspecified atom stereocenters. The number of fused-ring (bicyclic) bond motifs is 1. The summed E-state index contributed by atoms with van der Waals surface area (Å²) in [5.41, 5.74) is 1.67. The molecule has 0 aromatic heterocycles. The van der Waals surface area contributed by atoms with Crippen molar-refractivity contribution in [1.29, 1.82) is 0 Å². The second-order valence-electron chi connectivity index (χ2n) is 10.4. The summed E-state index contributed by atoms with van der Waals surface area (Å²) >= 11 is 0. The number of aliphatic hydroxyl groups is 1. The predicted molar refractivity (Wildman–Crippen MR) is 126 cm³/mol. The Morgan fingerprint density at radius 2 is 1.71 bits per heavy atom. The van der Waals surface area contributed by atoms with Gasteiger partial charge in [-0.25, -0.2) is 8.78 Å². The fourth-order valence-corrected chi connectivity index (χ4v) is 5.50. The molecule has 192 valence electrons. The molecule has 35 heavy (non-hydrogen) atoms. The summed E-state index contributed by atoms with van der Waals surface area (Å²) in [6.45, 7) is 2.42. The number of alkyl halides is 2. The van der Waals surface area contributed by atoms with E-state index < -0.39 is 17.7 Å². The molecular formula is C26H35F2N3O4. The molecule has 9 heteroatoms. The van der Waals surface area contributed by atoms with Gasteiger partial charge < -0.3 is 10.0 Å². The summed E-state index contributed by atoms with van der Waals surface area (Å²) in [6, 6.07) is 5.46. The highest BCUT2D eigenvalue weighted by molar-refractivity contribution is 6.05. The van der Waals surface area contributed by atoms with Gasteiger partial charge in [-0.05, 0) is 50.7 Å². The molecule has 0 spiro atoms. The number of nitrogens with one attached hydrogen (secondary N) is 2. The molecule has 7 nitrogen and oxygen atoms in total. The second-order valence-corrected chi connectivity index (χ2v) is 10.4. The quantitative estimate of drug-likeness (QED) is 0.444. The first-order valence-corrected chi connectivity index (χ1v) is 12.7. The maximum absolute atomic E-state index is 13.0. The zero-order valence-electron chi connectivity index (χ0n) is 20.2. The number of rotatable bonds is 3. The van der Waals surface area contributed by atoms with Crippen molar-refractivity contribution in [3.05, 3.63) is 34.9 Å². The standard InChI is InChI=1S/C14H14N2O3.C12H21F2NO/c1-8-2-3-10-9(6-8)7-16(14(10)19)11-4-5-12(17)15-13(11)18;13-11(14)6-8-12(16,9-7-11)15-10-4-2-1-3-5-10/h2-3,6,11H,4-5,7H2,1H3,(H,15,17,18);10,15-16H,1-9H2. The van der Waals surface area contributed by atoms with Gasteiger partial charge >= 0.3 is 0 Å². The SMILES string of the molecule is Cc1ccc2c(c1)CN(C1CCC(=O)NC1=O)C2=O.OC1(NC2CCCCC2)CCC(F)(F)CC1. The van der Waals surface area contributed by atoms with Crippen molar-refractivity contribution < 1.29 is 28.3 Å². The van der Waals surface area contributed by atoms with Gasteiger partial charge in [-0.15, -0.1) is 0 Å². The zero-order chi connectivity index (χ0) is 25.2. The lowest BCUT2D eigenvalue weighted by Crippen LogP contribution is -2.54. The van der Waals surface area contributed by atoms with Crippen LogP contribution in [-0.2, 0) is 16.1 Å². The Kier molecular flexibility index (Phi) is 7.57. The molecule has 1 aromatic carbocycles. The van der Waals surface area contributed by atoms with Crippen LogP contribution in [0.15, 0.2) is 18.2 Å². The normalized spacial score (nSPS) is 26.0. The van der Waals surface area contributed by atoms with Crippen LogP contribution in [0.3, 0.4) is 0 Å². The molecule has 0 bridgehead atoms. The number of aryl methyl sites for hydroxylation is 1. The summed E-state index contributed by atoms with van der Waals surface area (Å²) in [6.07, 6.45) is 6.43. The van der Waals surface area contributed by atoms with E-state index in [1.54, 1.807) is 11.0 Å². The van der Waals surface area contributed by atoms with E-state index >= 15 is 0 Å². The van der Waals surface area contributed by atoms with Crippen LogP contribution >= 0.6 is 0 Å². The van der Waals surface area contributed by atoms with Crippen LogP contribution in [0, 0.1) is 6.92 Å². The Hall–Kier alpha value is -2.39. The highest BCUT2D eigenvalue weighted by atomic mass is 19.3. The fourth-order valence-electron chi connectivity index (χ4n) is 5.50. The Balaban J connectivity index is 0.000000168. The molecule has 1 atom stereocenters. The third-order valence-corrected chi connectivity index (χ3v) is 7.57. The van der Waals surface area contributed by atoms with E-state index in [2.05, 4.69) is 10.6 Å². The lowest BCUT2D eigenvalue weighted by Gasteiger charge is -2.40.